The number of rotatable bonds is 6. The zero-order valence-electron chi connectivity index (χ0n) is 26.5. The van der Waals surface area contributed by atoms with Crippen molar-refractivity contribution in [2.24, 2.45) is 0 Å². The monoisotopic (exact) mass is 627 g/mol. The summed E-state index contributed by atoms with van der Waals surface area (Å²) in [5, 5.41) is 1.08. The molecule has 5 nitrogen and oxygen atoms in total. The van der Waals surface area contributed by atoms with Crippen molar-refractivity contribution in [1.82, 2.24) is 24.5 Å². The van der Waals surface area contributed by atoms with Crippen molar-refractivity contribution >= 4 is 21.9 Å². The molecule has 9 rings (SSSR count). The van der Waals surface area contributed by atoms with E-state index in [4.69, 9.17) is 19.9 Å². The highest BCUT2D eigenvalue weighted by atomic mass is 15.0. The number of fused-ring (bicyclic) bond motifs is 3. The summed E-state index contributed by atoms with van der Waals surface area (Å²) in [4.78, 5) is 20.7. The average Bonchev–Trinajstić information content (AvgIpc) is 3.53. The maximum absolute atomic E-state index is 5.32. The fourth-order valence-corrected chi connectivity index (χ4v) is 6.50. The molecule has 0 bridgehead atoms. The molecule has 3 heterocycles. The third-order valence-electron chi connectivity index (χ3n) is 8.81. The smallest absolute Gasteiger partial charge is 0.160 e. The van der Waals surface area contributed by atoms with Crippen LogP contribution in [-0.4, -0.2) is 24.5 Å². The van der Waals surface area contributed by atoms with Crippen LogP contribution in [0.5, 0.6) is 0 Å². The van der Waals surface area contributed by atoms with Gasteiger partial charge in [-0.1, -0.05) is 146 Å². The zero-order chi connectivity index (χ0) is 32.6. The Morgan fingerprint density at radius 3 is 1.55 bits per heavy atom. The van der Waals surface area contributed by atoms with Crippen LogP contribution in [0.1, 0.15) is 0 Å². The van der Waals surface area contributed by atoms with E-state index in [0.29, 0.717) is 11.6 Å². The quantitative estimate of drug-likeness (QED) is 0.184. The number of benzene rings is 6. The predicted octanol–water partition coefficient (Wildman–Crippen LogP) is 10.7. The van der Waals surface area contributed by atoms with E-state index in [1.54, 1.807) is 0 Å². The lowest BCUT2D eigenvalue weighted by Gasteiger charge is -2.13. The summed E-state index contributed by atoms with van der Waals surface area (Å²) in [6.45, 7) is 0. The molecular weight excluding hydrogens is 599 g/mol. The van der Waals surface area contributed by atoms with Crippen LogP contribution in [0.4, 0.5) is 0 Å². The van der Waals surface area contributed by atoms with Gasteiger partial charge in [0.2, 0.25) is 0 Å². The van der Waals surface area contributed by atoms with Crippen LogP contribution >= 0.6 is 0 Å². The van der Waals surface area contributed by atoms with Gasteiger partial charge in [-0.15, -0.1) is 0 Å². The molecule has 0 aliphatic heterocycles. The fraction of sp³-hybridized carbons (Fsp3) is 0. The van der Waals surface area contributed by atoms with Gasteiger partial charge in [0.1, 0.15) is 5.52 Å². The molecule has 0 N–H and O–H groups in total. The maximum Gasteiger partial charge on any atom is 0.160 e. The van der Waals surface area contributed by atoms with Crippen molar-refractivity contribution in [3.8, 4) is 62.2 Å². The van der Waals surface area contributed by atoms with Crippen LogP contribution in [0.2, 0.25) is 0 Å². The van der Waals surface area contributed by atoms with Gasteiger partial charge in [0, 0.05) is 38.9 Å². The molecule has 0 aliphatic rings. The van der Waals surface area contributed by atoms with Crippen molar-refractivity contribution in [3.05, 3.63) is 176 Å². The minimum atomic E-state index is 0.683. The summed E-state index contributed by atoms with van der Waals surface area (Å²) in [5.74, 6) is 1.37. The minimum Gasteiger partial charge on any atom is -0.306 e. The van der Waals surface area contributed by atoms with Gasteiger partial charge in [0.15, 0.2) is 11.6 Å². The number of hydrogen-bond acceptors (Lipinski definition) is 4. The van der Waals surface area contributed by atoms with Crippen molar-refractivity contribution in [2.75, 3.05) is 0 Å². The third kappa shape index (κ3) is 5.24. The predicted molar refractivity (Wildman–Crippen MR) is 199 cm³/mol. The third-order valence-corrected chi connectivity index (χ3v) is 8.81. The van der Waals surface area contributed by atoms with Gasteiger partial charge in [-0.3, -0.25) is 0 Å². The van der Waals surface area contributed by atoms with Crippen LogP contribution in [-0.2, 0) is 0 Å². The summed E-state index contributed by atoms with van der Waals surface area (Å²) >= 11 is 0. The Kier molecular flexibility index (Phi) is 7.06. The number of aromatic nitrogens is 5. The molecule has 3 aromatic heterocycles. The highest BCUT2D eigenvalue weighted by Gasteiger charge is 2.21. The zero-order valence-corrected chi connectivity index (χ0v) is 26.5. The van der Waals surface area contributed by atoms with Crippen LogP contribution < -0.4 is 0 Å². The van der Waals surface area contributed by atoms with Gasteiger partial charge in [0.25, 0.3) is 0 Å². The Morgan fingerprint density at radius 1 is 0.367 bits per heavy atom. The van der Waals surface area contributed by atoms with Crippen molar-refractivity contribution < 1.29 is 0 Å². The van der Waals surface area contributed by atoms with Gasteiger partial charge in [-0.05, 0) is 30.3 Å². The second-order valence-electron chi connectivity index (χ2n) is 11.9. The molecule has 6 aromatic carbocycles. The molecule has 0 fully saturated rings. The average molecular weight is 628 g/mol. The Bertz CT molecular complexity index is 2520. The van der Waals surface area contributed by atoms with E-state index in [1.807, 2.05) is 60.7 Å². The largest absolute Gasteiger partial charge is 0.306 e. The highest BCUT2D eigenvalue weighted by Crippen LogP contribution is 2.39. The first kappa shape index (κ1) is 28.5. The maximum atomic E-state index is 5.32. The van der Waals surface area contributed by atoms with Gasteiger partial charge >= 0.3 is 0 Å². The Hall–Kier alpha value is -6.72. The first-order valence-corrected chi connectivity index (χ1v) is 16.3. The standard InChI is InChI=1S/C44H29N5/c1-5-16-30(17-6-1)37-29-38(46-43(45-37)31-18-7-2-8-19-31)33-22-15-23-34(28-33)40-42-41(48-44(47-40)32-20-9-3-10-21-32)36-26-13-14-27-39(36)49(42)35-24-11-4-12-25-35/h1-29H. The second-order valence-corrected chi connectivity index (χ2v) is 11.9. The molecule has 9 aromatic rings. The topological polar surface area (TPSA) is 56.5 Å². The van der Waals surface area contributed by atoms with Gasteiger partial charge in [-0.2, -0.15) is 0 Å². The van der Waals surface area contributed by atoms with E-state index < -0.39 is 0 Å². The molecule has 5 heteroatoms. The Balaban J connectivity index is 1.31. The lowest BCUT2D eigenvalue weighted by Crippen LogP contribution is -2.00. The normalized spacial score (nSPS) is 11.3. The molecule has 0 saturated carbocycles. The van der Waals surface area contributed by atoms with Crippen LogP contribution in [0.3, 0.4) is 0 Å². The van der Waals surface area contributed by atoms with Crippen LogP contribution in [0, 0.1) is 0 Å². The Morgan fingerprint density at radius 2 is 0.878 bits per heavy atom. The summed E-state index contributed by atoms with van der Waals surface area (Å²) in [6.07, 6.45) is 0. The van der Waals surface area contributed by atoms with E-state index in [-0.39, 0.29) is 0 Å². The summed E-state index contributed by atoms with van der Waals surface area (Å²) in [5.41, 5.74) is 11.5. The SMILES string of the molecule is c1ccc(-c2cc(-c3cccc(-c4nc(-c5ccccc5)nc5c6ccccc6n(-c6ccccc6)c45)c3)nc(-c3ccccc3)n2)cc1. The van der Waals surface area contributed by atoms with E-state index >= 15 is 0 Å². The van der Waals surface area contributed by atoms with Crippen molar-refractivity contribution in [1.29, 1.82) is 0 Å². The Labute approximate surface area is 283 Å². The highest BCUT2D eigenvalue weighted by molar-refractivity contribution is 6.11. The van der Waals surface area contributed by atoms with Crippen molar-refractivity contribution in [3.63, 3.8) is 0 Å². The first-order chi connectivity index (χ1) is 24.3. The lowest BCUT2D eigenvalue weighted by molar-refractivity contribution is 1.15. The lowest BCUT2D eigenvalue weighted by atomic mass is 10.0. The number of para-hydroxylation sites is 2. The van der Waals surface area contributed by atoms with E-state index in [0.717, 1.165) is 72.5 Å². The molecule has 0 unspecified atom stereocenters. The first-order valence-electron chi connectivity index (χ1n) is 16.3. The molecule has 49 heavy (non-hydrogen) atoms. The molecule has 0 saturated heterocycles. The molecule has 0 aliphatic carbocycles. The molecule has 0 atom stereocenters. The summed E-state index contributed by atoms with van der Waals surface area (Å²) in [6, 6.07) is 60.1. The van der Waals surface area contributed by atoms with E-state index in [9.17, 15) is 0 Å². The van der Waals surface area contributed by atoms with Gasteiger partial charge in [-0.25, -0.2) is 19.9 Å². The van der Waals surface area contributed by atoms with Crippen LogP contribution in [0.15, 0.2) is 176 Å². The summed E-state index contributed by atoms with van der Waals surface area (Å²) in [7, 11) is 0. The summed E-state index contributed by atoms with van der Waals surface area (Å²) < 4.78 is 2.28. The van der Waals surface area contributed by atoms with Crippen LogP contribution in [0.25, 0.3) is 84.2 Å². The van der Waals surface area contributed by atoms with Crippen molar-refractivity contribution in [2.45, 2.75) is 0 Å². The molecular formula is C44H29N5. The molecule has 0 spiro atoms. The van der Waals surface area contributed by atoms with E-state index in [2.05, 4.69) is 120 Å². The second kappa shape index (κ2) is 12.1. The minimum absolute atomic E-state index is 0.683. The van der Waals surface area contributed by atoms with Gasteiger partial charge < -0.3 is 4.57 Å². The number of nitrogens with zero attached hydrogens (tertiary/aromatic N) is 5. The number of hydrogen-bond donors (Lipinski definition) is 0. The molecule has 0 amide bonds. The molecule has 0 radical (unpaired) electrons. The van der Waals surface area contributed by atoms with E-state index in [1.165, 1.54) is 0 Å². The van der Waals surface area contributed by atoms with Gasteiger partial charge in [0.05, 0.1) is 28.1 Å². The fourth-order valence-electron chi connectivity index (χ4n) is 6.50. The molecule has 230 valence electrons.